The van der Waals surface area contributed by atoms with Crippen LogP contribution in [0.2, 0.25) is 0 Å². The Morgan fingerprint density at radius 2 is 1.69 bits per heavy atom. The van der Waals surface area contributed by atoms with Gasteiger partial charge in [-0.2, -0.15) is 0 Å². The molecule has 2 atom stereocenters. The number of amides is 1. The number of benzene rings is 1. The Morgan fingerprint density at radius 1 is 1.12 bits per heavy atom. The van der Waals surface area contributed by atoms with Crippen LogP contribution in [0.1, 0.15) is 58.4 Å². The Kier molecular flexibility index (Phi) is 5.56. The molecule has 5 heteroatoms. The highest BCUT2D eigenvalue weighted by atomic mass is 32.1. The molecule has 2 saturated heterocycles. The van der Waals surface area contributed by atoms with E-state index in [1.165, 1.54) is 12.0 Å². The standard InChI is InChI=1S/C21H31N3OS/c1-14-8-10-15(11-9-14)23-20(26)24-17-6-5-7-18(24)13-16(12-17)22-19(25)21(2,3)4/h8-11,16-18H,5-7,12-13H2,1-4H3,(H,22,25)(H,23,26)/t17-,18-/m1/s1. The molecule has 2 aliphatic heterocycles. The lowest BCUT2D eigenvalue weighted by atomic mass is 9.81. The number of anilines is 1. The van der Waals surface area contributed by atoms with Crippen molar-refractivity contribution in [3.8, 4) is 0 Å². The van der Waals surface area contributed by atoms with Gasteiger partial charge in [0.15, 0.2) is 5.11 Å². The fraction of sp³-hybridized carbons (Fsp3) is 0.619. The van der Waals surface area contributed by atoms with Crippen molar-refractivity contribution in [2.24, 2.45) is 5.41 Å². The van der Waals surface area contributed by atoms with Crippen molar-refractivity contribution >= 4 is 28.9 Å². The molecule has 0 radical (unpaired) electrons. The third kappa shape index (κ3) is 4.37. The maximum atomic E-state index is 12.4. The number of piperidine rings is 2. The first-order valence-electron chi connectivity index (χ1n) is 9.71. The number of aryl methyl sites for hydroxylation is 1. The Hall–Kier alpha value is -1.62. The summed E-state index contributed by atoms with van der Waals surface area (Å²) in [5.74, 6) is 0.148. The lowest BCUT2D eigenvalue weighted by Crippen LogP contribution is -2.60. The summed E-state index contributed by atoms with van der Waals surface area (Å²) in [6.07, 6.45) is 5.50. The summed E-state index contributed by atoms with van der Waals surface area (Å²) in [5, 5.41) is 7.51. The number of hydrogen-bond acceptors (Lipinski definition) is 2. The minimum atomic E-state index is -0.339. The maximum absolute atomic E-state index is 12.4. The average molecular weight is 374 g/mol. The second-order valence-electron chi connectivity index (χ2n) is 8.83. The molecular weight excluding hydrogens is 342 g/mol. The van der Waals surface area contributed by atoms with E-state index in [0.717, 1.165) is 36.5 Å². The van der Waals surface area contributed by atoms with Crippen molar-refractivity contribution in [2.75, 3.05) is 5.32 Å². The largest absolute Gasteiger partial charge is 0.353 e. The second-order valence-corrected chi connectivity index (χ2v) is 9.22. The second kappa shape index (κ2) is 7.55. The molecule has 0 unspecified atom stereocenters. The molecule has 2 fully saturated rings. The Bertz CT molecular complexity index is 651. The molecule has 0 aromatic heterocycles. The first-order chi connectivity index (χ1) is 12.2. The molecule has 0 aliphatic carbocycles. The van der Waals surface area contributed by atoms with Gasteiger partial charge in [0.25, 0.3) is 0 Å². The molecule has 142 valence electrons. The molecule has 3 rings (SSSR count). The molecule has 0 saturated carbocycles. The SMILES string of the molecule is Cc1ccc(NC(=S)N2[C@@H]3CCC[C@@H]2CC(NC(=O)C(C)(C)C)C3)cc1. The number of thiocarbonyl (C=S) groups is 1. The van der Waals surface area contributed by atoms with E-state index in [1.807, 2.05) is 20.8 Å². The summed E-state index contributed by atoms with van der Waals surface area (Å²) in [4.78, 5) is 14.8. The van der Waals surface area contributed by atoms with Gasteiger partial charge in [-0.25, -0.2) is 0 Å². The number of nitrogens with one attached hydrogen (secondary N) is 2. The van der Waals surface area contributed by atoms with Gasteiger partial charge in [0.2, 0.25) is 5.91 Å². The van der Waals surface area contributed by atoms with Gasteiger partial charge in [-0.15, -0.1) is 0 Å². The zero-order valence-electron chi connectivity index (χ0n) is 16.3. The van der Waals surface area contributed by atoms with Gasteiger partial charge in [-0.3, -0.25) is 4.79 Å². The van der Waals surface area contributed by atoms with E-state index in [2.05, 4.69) is 46.7 Å². The number of carbonyl (C=O) groups is 1. The summed E-state index contributed by atoms with van der Waals surface area (Å²) < 4.78 is 0. The average Bonchev–Trinajstić information content (AvgIpc) is 2.55. The minimum Gasteiger partial charge on any atom is -0.353 e. The van der Waals surface area contributed by atoms with Gasteiger partial charge in [-0.05, 0) is 63.4 Å². The Labute approximate surface area is 162 Å². The van der Waals surface area contributed by atoms with Crippen LogP contribution in [0.5, 0.6) is 0 Å². The summed E-state index contributed by atoms with van der Waals surface area (Å²) in [5.41, 5.74) is 1.95. The van der Waals surface area contributed by atoms with Gasteiger partial charge < -0.3 is 15.5 Å². The minimum absolute atomic E-state index is 0.148. The molecule has 1 amide bonds. The van der Waals surface area contributed by atoms with Crippen molar-refractivity contribution in [3.05, 3.63) is 29.8 Å². The number of fused-ring (bicyclic) bond motifs is 2. The predicted octanol–water partition coefficient (Wildman–Crippen LogP) is 4.24. The topological polar surface area (TPSA) is 44.4 Å². The lowest BCUT2D eigenvalue weighted by Gasteiger charge is -2.50. The van der Waals surface area contributed by atoms with Crippen molar-refractivity contribution in [1.29, 1.82) is 0 Å². The molecule has 2 heterocycles. The number of rotatable bonds is 2. The smallest absolute Gasteiger partial charge is 0.225 e. The molecule has 0 spiro atoms. The van der Waals surface area contributed by atoms with Gasteiger partial charge in [-0.1, -0.05) is 38.5 Å². The maximum Gasteiger partial charge on any atom is 0.225 e. The van der Waals surface area contributed by atoms with Gasteiger partial charge >= 0.3 is 0 Å². The van der Waals surface area contributed by atoms with Crippen molar-refractivity contribution in [2.45, 2.75) is 77.9 Å². The van der Waals surface area contributed by atoms with Gasteiger partial charge in [0.05, 0.1) is 0 Å². The van der Waals surface area contributed by atoms with Crippen LogP contribution in [0.4, 0.5) is 5.69 Å². The summed E-state index contributed by atoms with van der Waals surface area (Å²) in [7, 11) is 0. The van der Waals surface area contributed by atoms with E-state index >= 15 is 0 Å². The highest BCUT2D eigenvalue weighted by Crippen LogP contribution is 2.35. The van der Waals surface area contributed by atoms with Crippen LogP contribution < -0.4 is 10.6 Å². The van der Waals surface area contributed by atoms with Crippen LogP contribution in [-0.2, 0) is 4.79 Å². The van der Waals surface area contributed by atoms with E-state index in [4.69, 9.17) is 12.2 Å². The Morgan fingerprint density at radius 3 is 2.23 bits per heavy atom. The molecule has 4 nitrogen and oxygen atoms in total. The molecule has 1 aromatic carbocycles. The molecule has 2 N–H and O–H groups in total. The van der Waals surface area contributed by atoms with Crippen LogP contribution in [0.25, 0.3) is 0 Å². The summed E-state index contributed by atoms with van der Waals surface area (Å²) >= 11 is 5.76. The fourth-order valence-electron chi connectivity index (χ4n) is 4.06. The molecular formula is C21H31N3OS. The van der Waals surface area contributed by atoms with Gasteiger partial charge in [0, 0.05) is 29.2 Å². The monoisotopic (exact) mass is 373 g/mol. The van der Waals surface area contributed by atoms with E-state index in [-0.39, 0.29) is 17.4 Å². The van der Waals surface area contributed by atoms with Gasteiger partial charge in [0.1, 0.15) is 0 Å². The van der Waals surface area contributed by atoms with Crippen LogP contribution in [-0.4, -0.2) is 34.0 Å². The molecule has 2 bridgehead atoms. The van der Waals surface area contributed by atoms with Crippen LogP contribution in [0, 0.1) is 12.3 Å². The van der Waals surface area contributed by atoms with Crippen LogP contribution in [0.15, 0.2) is 24.3 Å². The molecule has 26 heavy (non-hydrogen) atoms. The van der Waals surface area contributed by atoms with Crippen molar-refractivity contribution in [1.82, 2.24) is 10.2 Å². The first kappa shape index (κ1) is 19.2. The molecule has 2 aliphatic rings. The zero-order valence-corrected chi connectivity index (χ0v) is 17.2. The lowest BCUT2D eigenvalue weighted by molar-refractivity contribution is -0.129. The number of nitrogens with zero attached hydrogens (tertiary/aromatic N) is 1. The van der Waals surface area contributed by atoms with Crippen molar-refractivity contribution < 1.29 is 4.79 Å². The van der Waals surface area contributed by atoms with E-state index < -0.39 is 0 Å². The fourth-order valence-corrected chi connectivity index (χ4v) is 4.47. The first-order valence-corrected chi connectivity index (χ1v) is 10.1. The Balaban J connectivity index is 1.65. The van der Waals surface area contributed by atoms with Crippen molar-refractivity contribution in [3.63, 3.8) is 0 Å². The highest BCUT2D eigenvalue weighted by Gasteiger charge is 2.40. The number of carbonyl (C=O) groups excluding carboxylic acids is 1. The van der Waals surface area contributed by atoms with E-state index in [9.17, 15) is 4.79 Å². The highest BCUT2D eigenvalue weighted by molar-refractivity contribution is 7.80. The third-order valence-corrected chi connectivity index (χ3v) is 5.84. The number of hydrogen-bond donors (Lipinski definition) is 2. The normalized spacial score (nSPS) is 25.5. The summed E-state index contributed by atoms with van der Waals surface area (Å²) in [6.45, 7) is 8.00. The third-order valence-electron chi connectivity index (χ3n) is 5.53. The summed E-state index contributed by atoms with van der Waals surface area (Å²) in [6, 6.07) is 9.44. The van der Waals surface area contributed by atoms with E-state index in [0.29, 0.717) is 12.1 Å². The predicted molar refractivity (Wildman–Crippen MR) is 111 cm³/mol. The van der Waals surface area contributed by atoms with Crippen LogP contribution >= 0.6 is 12.2 Å². The zero-order chi connectivity index (χ0) is 18.9. The van der Waals surface area contributed by atoms with E-state index in [1.54, 1.807) is 0 Å². The quantitative estimate of drug-likeness (QED) is 0.761. The van der Waals surface area contributed by atoms with Crippen LogP contribution in [0.3, 0.4) is 0 Å². The molecule has 1 aromatic rings.